The number of aliphatic hydroxyl groups is 1. The summed E-state index contributed by atoms with van der Waals surface area (Å²) in [5.41, 5.74) is 9.16. The van der Waals surface area contributed by atoms with Crippen LogP contribution in [0.25, 0.3) is 22.6 Å². The number of aliphatic hydroxyl groups excluding tert-OH is 1. The van der Waals surface area contributed by atoms with Gasteiger partial charge >= 0.3 is 0 Å². The van der Waals surface area contributed by atoms with Gasteiger partial charge in [-0.15, -0.1) is 5.10 Å². The molecule has 0 spiro atoms. The van der Waals surface area contributed by atoms with Crippen LogP contribution in [0.3, 0.4) is 0 Å². The van der Waals surface area contributed by atoms with E-state index in [0.29, 0.717) is 36.1 Å². The summed E-state index contributed by atoms with van der Waals surface area (Å²) in [4.78, 5) is 19.8. The summed E-state index contributed by atoms with van der Waals surface area (Å²) in [7, 11) is 1.85. The molecule has 10 heteroatoms. The van der Waals surface area contributed by atoms with E-state index in [-0.39, 0.29) is 5.95 Å². The number of pyridine rings is 1. The van der Waals surface area contributed by atoms with Gasteiger partial charge in [0.05, 0.1) is 5.69 Å². The van der Waals surface area contributed by atoms with E-state index in [9.17, 15) is 5.11 Å². The van der Waals surface area contributed by atoms with Crippen molar-refractivity contribution < 1.29 is 5.11 Å². The Morgan fingerprint density at radius 1 is 1.00 bits per heavy atom. The Labute approximate surface area is 196 Å². The smallest absolute Gasteiger partial charge is 0.225 e. The van der Waals surface area contributed by atoms with Gasteiger partial charge in [-0.3, -0.25) is 0 Å². The van der Waals surface area contributed by atoms with E-state index in [1.165, 1.54) is 0 Å². The number of nitrogens with zero attached hydrogens (tertiary/aromatic N) is 7. The number of benzene rings is 1. The van der Waals surface area contributed by atoms with Crippen molar-refractivity contribution in [1.29, 1.82) is 0 Å². The summed E-state index contributed by atoms with van der Waals surface area (Å²) in [6, 6.07) is 13.7. The highest BCUT2D eigenvalue weighted by Crippen LogP contribution is 2.51. The van der Waals surface area contributed by atoms with Crippen LogP contribution in [-0.2, 0) is 7.05 Å². The van der Waals surface area contributed by atoms with Gasteiger partial charge in [0.25, 0.3) is 0 Å². The Morgan fingerprint density at radius 3 is 2.44 bits per heavy atom. The van der Waals surface area contributed by atoms with Crippen LogP contribution in [0.15, 0.2) is 54.9 Å². The maximum Gasteiger partial charge on any atom is 0.225 e. The van der Waals surface area contributed by atoms with E-state index in [0.717, 1.165) is 41.4 Å². The van der Waals surface area contributed by atoms with Crippen molar-refractivity contribution in [3.05, 3.63) is 54.9 Å². The maximum absolute atomic E-state index is 9.35. The molecular formula is C24H25N9O. The van der Waals surface area contributed by atoms with Crippen LogP contribution in [0.4, 0.5) is 23.4 Å². The van der Waals surface area contributed by atoms with Crippen molar-refractivity contribution >= 4 is 23.4 Å². The summed E-state index contributed by atoms with van der Waals surface area (Å²) in [6.45, 7) is 2.25. The van der Waals surface area contributed by atoms with Gasteiger partial charge < -0.3 is 21.1 Å². The third-order valence-electron chi connectivity index (χ3n) is 6.79. The molecule has 172 valence electrons. The highest BCUT2D eigenvalue weighted by atomic mass is 16.3. The zero-order chi connectivity index (χ0) is 23.2. The van der Waals surface area contributed by atoms with Crippen LogP contribution >= 0.6 is 0 Å². The lowest BCUT2D eigenvalue weighted by Crippen LogP contribution is -2.25. The second kappa shape index (κ2) is 8.07. The van der Waals surface area contributed by atoms with Gasteiger partial charge in [0, 0.05) is 56.0 Å². The number of hydrogen-bond donors (Lipinski definition) is 3. The first-order valence-electron chi connectivity index (χ1n) is 11.3. The molecule has 1 aliphatic heterocycles. The molecule has 1 saturated carbocycles. The van der Waals surface area contributed by atoms with Crippen molar-refractivity contribution in [1.82, 2.24) is 29.7 Å². The molecule has 34 heavy (non-hydrogen) atoms. The molecule has 2 aliphatic rings. The Bertz CT molecular complexity index is 1310. The molecule has 4 N–H and O–H groups in total. The van der Waals surface area contributed by atoms with E-state index in [1.807, 2.05) is 55.7 Å². The summed E-state index contributed by atoms with van der Waals surface area (Å²) in [5, 5.41) is 17.2. The van der Waals surface area contributed by atoms with Crippen LogP contribution in [-0.4, -0.2) is 54.5 Å². The monoisotopic (exact) mass is 455 g/mol. The normalized spacial score (nSPS) is 20.9. The van der Waals surface area contributed by atoms with Crippen LogP contribution in [0.2, 0.25) is 0 Å². The second-order valence-corrected chi connectivity index (χ2v) is 8.87. The quantitative estimate of drug-likeness (QED) is 0.401. The van der Waals surface area contributed by atoms with Gasteiger partial charge in [-0.05, 0) is 48.1 Å². The van der Waals surface area contributed by atoms with Gasteiger partial charge in [-0.25, -0.2) is 19.6 Å². The molecule has 1 saturated heterocycles. The first-order valence-corrected chi connectivity index (χ1v) is 11.3. The fourth-order valence-corrected chi connectivity index (χ4v) is 4.82. The Hall–Kier alpha value is -4.05. The number of hydrogen-bond acceptors (Lipinski definition) is 9. The van der Waals surface area contributed by atoms with Crippen molar-refractivity contribution in [2.75, 3.05) is 35.6 Å². The largest absolute Gasteiger partial charge is 0.396 e. The van der Waals surface area contributed by atoms with Gasteiger partial charge in [0.2, 0.25) is 11.9 Å². The van der Waals surface area contributed by atoms with Crippen LogP contribution in [0.5, 0.6) is 0 Å². The van der Waals surface area contributed by atoms with Gasteiger partial charge in [0.1, 0.15) is 5.82 Å². The van der Waals surface area contributed by atoms with Crippen molar-refractivity contribution in [3.63, 3.8) is 0 Å². The van der Waals surface area contributed by atoms with E-state index in [1.54, 1.807) is 10.9 Å². The van der Waals surface area contributed by atoms with Crippen LogP contribution in [0, 0.1) is 17.8 Å². The number of nitrogen functional groups attached to an aromatic ring is 1. The summed E-state index contributed by atoms with van der Waals surface area (Å²) >= 11 is 0. The third-order valence-corrected chi connectivity index (χ3v) is 6.79. The number of nitrogens with one attached hydrogen (secondary N) is 1. The van der Waals surface area contributed by atoms with Gasteiger partial charge in [-0.1, -0.05) is 12.1 Å². The van der Waals surface area contributed by atoms with E-state index < -0.39 is 0 Å². The topological polar surface area (TPSA) is 131 Å². The molecule has 0 bridgehead atoms. The first kappa shape index (κ1) is 20.5. The molecule has 1 aliphatic carbocycles. The van der Waals surface area contributed by atoms with E-state index >= 15 is 0 Å². The van der Waals surface area contributed by atoms with Crippen LogP contribution < -0.4 is 16.0 Å². The number of nitrogens with two attached hydrogens (primary N) is 1. The molecule has 3 atom stereocenters. The summed E-state index contributed by atoms with van der Waals surface area (Å²) < 4.78 is 1.71. The molecule has 4 aromatic rings. The average molecular weight is 456 g/mol. The van der Waals surface area contributed by atoms with E-state index in [4.69, 9.17) is 5.73 Å². The standard InChI is InChI=1S/C24H25N9O/c1-32-24(28-16-5-2-14(3-6-16)20-8-9-26-23(25)29-20)30-22(31-32)15-4-7-21(27-10-15)33-11-17-18(12-33)19(17)13-34/h2-10,17-19,34H,11-13H2,1H3,(H2,25,26,29)(H,28,30,31)/t17-,18+,19?. The molecule has 10 nitrogen and oxygen atoms in total. The predicted octanol–water partition coefficient (Wildman–Crippen LogP) is 2.33. The minimum atomic E-state index is 0.251. The molecule has 4 heterocycles. The number of piperidine rings is 1. The Morgan fingerprint density at radius 2 is 1.76 bits per heavy atom. The zero-order valence-corrected chi connectivity index (χ0v) is 18.7. The lowest BCUT2D eigenvalue weighted by atomic mass is 10.1. The Kier molecular flexibility index (Phi) is 4.88. The highest BCUT2D eigenvalue weighted by Gasteiger charge is 2.55. The minimum Gasteiger partial charge on any atom is -0.396 e. The average Bonchev–Trinajstić information content (AvgIpc) is 3.14. The predicted molar refractivity (Wildman–Crippen MR) is 129 cm³/mol. The van der Waals surface area contributed by atoms with Gasteiger partial charge in [0.15, 0.2) is 5.82 Å². The first-order chi connectivity index (χ1) is 16.6. The molecule has 0 radical (unpaired) electrons. The molecule has 0 amide bonds. The van der Waals surface area contributed by atoms with Crippen molar-refractivity contribution in [3.8, 4) is 22.6 Å². The van der Waals surface area contributed by atoms with Crippen molar-refractivity contribution in [2.24, 2.45) is 24.8 Å². The molecule has 1 unspecified atom stereocenters. The van der Waals surface area contributed by atoms with E-state index in [2.05, 4.69) is 35.3 Å². The lowest BCUT2D eigenvalue weighted by molar-refractivity contribution is 0.260. The summed E-state index contributed by atoms with van der Waals surface area (Å²) in [5.74, 6) is 4.18. The van der Waals surface area contributed by atoms with Crippen LogP contribution in [0.1, 0.15) is 0 Å². The SMILES string of the molecule is Cn1nc(-c2ccc(N3C[C@@H]4C(CO)[C@@H]4C3)nc2)nc1Nc1ccc(-c2ccnc(N)n2)cc1. The molecular weight excluding hydrogens is 430 g/mol. The summed E-state index contributed by atoms with van der Waals surface area (Å²) in [6.07, 6.45) is 3.47. The minimum absolute atomic E-state index is 0.251. The molecule has 6 rings (SSSR count). The lowest BCUT2D eigenvalue weighted by Gasteiger charge is -2.20. The zero-order valence-electron chi connectivity index (χ0n) is 18.7. The molecule has 1 aromatic carbocycles. The highest BCUT2D eigenvalue weighted by molar-refractivity contribution is 5.66. The fourth-order valence-electron chi connectivity index (χ4n) is 4.82. The van der Waals surface area contributed by atoms with Gasteiger partial charge in [-0.2, -0.15) is 4.98 Å². The maximum atomic E-state index is 9.35. The van der Waals surface area contributed by atoms with Crippen molar-refractivity contribution in [2.45, 2.75) is 0 Å². The number of aryl methyl sites for hydroxylation is 1. The number of anilines is 4. The second-order valence-electron chi connectivity index (χ2n) is 8.87. The Balaban J connectivity index is 1.14. The number of rotatable bonds is 6. The molecule has 3 aromatic heterocycles. The molecule has 2 fully saturated rings. The fraction of sp³-hybridized carbons (Fsp3) is 0.292. The number of fused-ring (bicyclic) bond motifs is 1. The number of aromatic nitrogens is 6. The third kappa shape index (κ3) is 3.71.